The Morgan fingerprint density at radius 1 is 1.06 bits per heavy atom. The minimum Gasteiger partial charge on any atom is -0.489 e. The second kappa shape index (κ2) is 10.8. The highest BCUT2D eigenvalue weighted by Gasteiger charge is 2.16. The highest BCUT2D eigenvalue weighted by molar-refractivity contribution is 6.36. The fourth-order valence-electron chi connectivity index (χ4n) is 2.73. The number of hydrogen-bond donors (Lipinski definition) is 1. The fourth-order valence-corrected chi connectivity index (χ4v) is 3.42. The van der Waals surface area contributed by atoms with Crippen molar-refractivity contribution >= 4 is 58.2 Å². The monoisotopic (exact) mass is 501 g/mol. The van der Waals surface area contributed by atoms with E-state index in [0.29, 0.717) is 26.9 Å². The first-order chi connectivity index (χ1) is 15.8. The molecule has 0 fully saturated rings. The molecule has 3 aromatic rings. The molecule has 3 rings (SSSR count). The summed E-state index contributed by atoms with van der Waals surface area (Å²) in [6.07, 6.45) is 1.38. The summed E-state index contributed by atoms with van der Waals surface area (Å²) in [5.41, 5.74) is 0.830. The van der Waals surface area contributed by atoms with E-state index in [4.69, 9.17) is 39.5 Å². The van der Waals surface area contributed by atoms with Crippen LogP contribution in [-0.2, 0) is 11.4 Å². The number of carbonyl (C=O) groups is 1. The van der Waals surface area contributed by atoms with Crippen molar-refractivity contribution in [2.75, 3.05) is 5.32 Å². The Balaban J connectivity index is 1.69. The first kappa shape index (κ1) is 24.1. The molecule has 0 aliphatic carbocycles. The van der Waals surface area contributed by atoms with Crippen LogP contribution in [0.3, 0.4) is 0 Å². The Bertz CT molecular complexity index is 1260. The number of hydrogen-bond acceptors (Lipinski definition) is 5. The van der Waals surface area contributed by atoms with E-state index < -0.39 is 10.8 Å². The van der Waals surface area contributed by atoms with E-state index in [-0.39, 0.29) is 28.6 Å². The summed E-state index contributed by atoms with van der Waals surface area (Å²) in [4.78, 5) is 22.8. The lowest BCUT2D eigenvalue weighted by atomic mass is 10.1. The second-order valence-electron chi connectivity index (χ2n) is 6.61. The van der Waals surface area contributed by atoms with Gasteiger partial charge in [0.15, 0.2) is 0 Å². The molecule has 0 saturated heterocycles. The van der Waals surface area contributed by atoms with Crippen LogP contribution in [0.15, 0.2) is 66.2 Å². The maximum absolute atomic E-state index is 12.4. The molecule has 0 bridgehead atoms. The Morgan fingerprint density at radius 3 is 2.33 bits per heavy atom. The minimum atomic E-state index is -0.720. The molecule has 0 saturated carbocycles. The third-order valence-electron chi connectivity index (χ3n) is 4.40. The molecule has 1 N–H and O–H groups in total. The second-order valence-corrected chi connectivity index (χ2v) is 7.83. The van der Waals surface area contributed by atoms with Crippen molar-refractivity contribution in [2.24, 2.45) is 0 Å². The van der Waals surface area contributed by atoms with Crippen molar-refractivity contribution in [3.05, 3.63) is 103 Å². The highest BCUT2D eigenvalue weighted by Crippen LogP contribution is 2.28. The number of anilines is 1. The molecule has 0 radical (unpaired) electrons. The quantitative estimate of drug-likeness (QED) is 0.168. The summed E-state index contributed by atoms with van der Waals surface area (Å²) in [6.45, 7) is 0.173. The summed E-state index contributed by atoms with van der Waals surface area (Å²) in [6, 6.07) is 17.5. The van der Waals surface area contributed by atoms with Gasteiger partial charge >= 0.3 is 0 Å². The Morgan fingerprint density at radius 2 is 1.73 bits per heavy atom. The lowest BCUT2D eigenvalue weighted by Crippen LogP contribution is -2.13. The van der Waals surface area contributed by atoms with Gasteiger partial charge in [0.2, 0.25) is 0 Å². The van der Waals surface area contributed by atoms with Crippen LogP contribution in [0.2, 0.25) is 15.1 Å². The zero-order valence-electron chi connectivity index (χ0n) is 16.7. The maximum atomic E-state index is 12.4. The molecule has 3 aromatic carbocycles. The van der Waals surface area contributed by atoms with Crippen molar-refractivity contribution in [1.82, 2.24) is 0 Å². The molecule has 7 nitrogen and oxygen atoms in total. The van der Waals surface area contributed by atoms with Crippen molar-refractivity contribution in [2.45, 2.75) is 6.61 Å². The van der Waals surface area contributed by atoms with Gasteiger partial charge in [-0.3, -0.25) is 14.9 Å². The number of nitrogens with zero attached hydrogens (tertiary/aromatic N) is 2. The predicted molar refractivity (Wildman–Crippen MR) is 128 cm³/mol. The third-order valence-corrected chi connectivity index (χ3v) is 5.43. The summed E-state index contributed by atoms with van der Waals surface area (Å²) in [5.74, 6) is -0.178. The van der Waals surface area contributed by atoms with Gasteiger partial charge in [-0.1, -0.05) is 53.0 Å². The summed E-state index contributed by atoms with van der Waals surface area (Å²) >= 11 is 18.0. The predicted octanol–water partition coefficient (Wildman–Crippen LogP) is 6.68. The molecular formula is C23H14Cl3N3O4. The lowest BCUT2D eigenvalue weighted by molar-refractivity contribution is -0.384. The van der Waals surface area contributed by atoms with Crippen LogP contribution < -0.4 is 10.1 Å². The summed E-state index contributed by atoms with van der Waals surface area (Å²) < 4.78 is 5.71. The number of rotatable bonds is 7. The van der Waals surface area contributed by atoms with Gasteiger partial charge in [-0.15, -0.1) is 0 Å². The lowest BCUT2D eigenvalue weighted by Gasteiger charge is -2.09. The van der Waals surface area contributed by atoms with Crippen molar-refractivity contribution in [3.63, 3.8) is 0 Å². The minimum absolute atomic E-state index is 0.0619. The summed E-state index contributed by atoms with van der Waals surface area (Å²) in [7, 11) is 0. The molecule has 0 aromatic heterocycles. The SMILES string of the molecule is N#C/C(=C\c1ccc(OCc2c(Cl)cccc2Cl)cc1)C(=O)Nc1ccc(Cl)c([N+](=O)[O-])c1. The average molecular weight is 503 g/mol. The molecular weight excluding hydrogens is 489 g/mol. The van der Waals surface area contributed by atoms with Crippen LogP contribution in [0.25, 0.3) is 6.08 Å². The normalized spacial score (nSPS) is 10.9. The first-order valence-corrected chi connectivity index (χ1v) is 10.4. The van der Waals surface area contributed by atoms with Gasteiger partial charge in [-0.25, -0.2) is 0 Å². The van der Waals surface area contributed by atoms with Crippen LogP contribution in [0.5, 0.6) is 5.75 Å². The number of amides is 1. The Labute approximate surface area is 203 Å². The molecule has 0 unspecified atom stereocenters. The maximum Gasteiger partial charge on any atom is 0.289 e. The summed E-state index contributed by atoms with van der Waals surface area (Å²) in [5, 5.41) is 23.8. The van der Waals surface area contributed by atoms with Gasteiger partial charge in [0.05, 0.1) is 4.92 Å². The molecule has 10 heteroatoms. The number of ether oxygens (including phenoxy) is 1. The van der Waals surface area contributed by atoms with Crippen LogP contribution >= 0.6 is 34.8 Å². The average Bonchev–Trinajstić information content (AvgIpc) is 2.79. The van der Waals surface area contributed by atoms with Gasteiger partial charge in [0.1, 0.15) is 29.0 Å². The van der Waals surface area contributed by atoms with E-state index in [1.54, 1.807) is 42.5 Å². The largest absolute Gasteiger partial charge is 0.489 e. The third kappa shape index (κ3) is 6.24. The van der Waals surface area contributed by atoms with Crippen LogP contribution in [-0.4, -0.2) is 10.8 Å². The first-order valence-electron chi connectivity index (χ1n) is 9.31. The van der Waals surface area contributed by atoms with Gasteiger partial charge in [0.25, 0.3) is 11.6 Å². The van der Waals surface area contributed by atoms with Gasteiger partial charge < -0.3 is 10.1 Å². The van der Waals surface area contributed by atoms with Crippen molar-refractivity contribution in [3.8, 4) is 11.8 Å². The van der Waals surface area contributed by atoms with Crippen molar-refractivity contribution < 1.29 is 14.5 Å². The van der Waals surface area contributed by atoms with Gasteiger partial charge in [0, 0.05) is 27.4 Å². The number of nitriles is 1. The topological polar surface area (TPSA) is 105 Å². The molecule has 0 atom stereocenters. The van der Waals surface area contributed by atoms with E-state index in [2.05, 4.69) is 5.32 Å². The molecule has 0 aliphatic rings. The highest BCUT2D eigenvalue weighted by atomic mass is 35.5. The zero-order chi connectivity index (χ0) is 24.0. The van der Waals surface area contributed by atoms with E-state index in [1.165, 1.54) is 18.2 Å². The Hall–Kier alpha value is -3.57. The number of nitrogens with one attached hydrogen (secondary N) is 1. The standard InChI is InChI=1S/C23H14Cl3N3O4/c24-19-2-1-3-20(25)18(19)13-33-17-7-4-14(5-8-17)10-15(12-27)23(30)28-16-6-9-21(26)22(11-16)29(31)32/h1-11H,13H2,(H,28,30)/b15-10+. The number of nitro groups is 1. The number of halogens is 3. The number of benzene rings is 3. The number of nitro benzene ring substituents is 1. The van der Waals surface area contributed by atoms with E-state index in [1.807, 2.05) is 6.07 Å². The molecule has 1 amide bonds. The van der Waals surface area contributed by atoms with Crippen molar-refractivity contribution in [1.29, 1.82) is 5.26 Å². The molecule has 0 aliphatic heterocycles. The van der Waals surface area contributed by atoms with Crippen LogP contribution in [0, 0.1) is 21.4 Å². The Kier molecular flexibility index (Phi) is 7.91. The van der Waals surface area contributed by atoms with Crippen LogP contribution in [0.4, 0.5) is 11.4 Å². The zero-order valence-corrected chi connectivity index (χ0v) is 19.0. The molecule has 33 heavy (non-hydrogen) atoms. The molecule has 0 heterocycles. The fraction of sp³-hybridized carbons (Fsp3) is 0.0435. The molecule has 166 valence electrons. The van der Waals surface area contributed by atoms with E-state index in [9.17, 15) is 20.2 Å². The van der Waals surface area contributed by atoms with Gasteiger partial charge in [-0.05, 0) is 48.0 Å². The smallest absolute Gasteiger partial charge is 0.289 e. The van der Waals surface area contributed by atoms with E-state index in [0.717, 1.165) is 6.07 Å². The molecule has 0 spiro atoms. The van der Waals surface area contributed by atoms with E-state index >= 15 is 0 Å². The number of carbonyl (C=O) groups excluding carboxylic acids is 1. The van der Waals surface area contributed by atoms with Gasteiger partial charge in [-0.2, -0.15) is 5.26 Å². The van der Waals surface area contributed by atoms with Crippen LogP contribution in [0.1, 0.15) is 11.1 Å².